The first kappa shape index (κ1) is 18.0. The average Bonchev–Trinajstić information content (AvgIpc) is 3.04. The topological polar surface area (TPSA) is 38.3 Å². The van der Waals surface area contributed by atoms with Gasteiger partial charge in [-0.1, -0.05) is 37.0 Å². The number of thiophene rings is 1. The summed E-state index contributed by atoms with van der Waals surface area (Å²) in [5, 5.41) is 5.20. The van der Waals surface area contributed by atoms with Gasteiger partial charge in [0.15, 0.2) is 0 Å². The molecule has 0 bridgehead atoms. The third-order valence-electron chi connectivity index (χ3n) is 4.81. The van der Waals surface area contributed by atoms with Gasteiger partial charge >= 0.3 is 0 Å². The molecule has 0 unspecified atom stereocenters. The normalized spacial score (nSPS) is 15.2. The first-order valence-electron chi connectivity index (χ1n) is 9.12. The van der Waals surface area contributed by atoms with Gasteiger partial charge in [0.05, 0.1) is 4.88 Å². The van der Waals surface area contributed by atoms with Crippen LogP contribution in [0.15, 0.2) is 23.6 Å². The lowest BCUT2D eigenvalue weighted by Gasteiger charge is -2.22. The maximum atomic E-state index is 12.4. The molecule has 3 nitrogen and oxygen atoms in total. The number of rotatable bonds is 5. The van der Waals surface area contributed by atoms with Gasteiger partial charge in [-0.25, -0.2) is 0 Å². The van der Waals surface area contributed by atoms with Gasteiger partial charge in [0.25, 0.3) is 5.91 Å². The fourth-order valence-corrected chi connectivity index (χ4v) is 4.42. The van der Waals surface area contributed by atoms with Gasteiger partial charge in [0.1, 0.15) is 12.4 Å². The minimum atomic E-state index is 0.0610. The quantitative estimate of drug-likeness (QED) is 0.787. The molecule has 1 aromatic heterocycles. The molecule has 1 aliphatic carbocycles. The van der Waals surface area contributed by atoms with E-state index in [9.17, 15) is 4.79 Å². The van der Waals surface area contributed by atoms with Crippen molar-refractivity contribution in [3.05, 3.63) is 50.7 Å². The minimum absolute atomic E-state index is 0.0610. The van der Waals surface area contributed by atoms with E-state index in [4.69, 9.17) is 4.74 Å². The zero-order valence-corrected chi connectivity index (χ0v) is 16.2. The molecule has 0 radical (unpaired) electrons. The second-order valence-electron chi connectivity index (χ2n) is 7.14. The number of hydrogen-bond acceptors (Lipinski definition) is 3. The molecule has 134 valence electrons. The van der Waals surface area contributed by atoms with Crippen molar-refractivity contribution >= 4 is 17.2 Å². The van der Waals surface area contributed by atoms with Crippen molar-refractivity contribution in [2.24, 2.45) is 0 Å². The fraction of sp³-hybridized carbons (Fsp3) is 0.476. The van der Waals surface area contributed by atoms with Gasteiger partial charge < -0.3 is 10.1 Å². The van der Waals surface area contributed by atoms with Gasteiger partial charge in [-0.15, -0.1) is 11.3 Å². The molecule has 1 saturated carbocycles. The van der Waals surface area contributed by atoms with Crippen LogP contribution in [0.5, 0.6) is 5.75 Å². The summed E-state index contributed by atoms with van der Waals surface area (Å²) < 4.78 is 6.03. The summed E-state index contributed by atoms with van der Waals surface area (Å²) in [5.74, 6) is 1.01. The van der Waals surface area contributed by atoms with Crippen molar-refractivity contribution in [3.63, 3.8) is 0 Å². The van der Waals surface area contributed by atoms with Gasteiger partial charge in [-0.05, 0) is 56.2 Å². The van der Waals surface area contributed by atoms with Crippen LogP contribution < -0.4 is 10.1 Å². The molecule has 1 aliphatic rings. The van der Waals surface area contributed by atoms with Crippen molar-refractivity contribution in [2.45, 2.75) is 65.5 Å². The van der Waals surface area contributed by atoms with E-state index in [1.807, 2.05) is 11.4 Å². The van der Waals surface area contributed by atoms with Crippen LogP contribution in [-0.2, 0) is 6.61 Å². The average molecular weight is 358 g/mol. The summed E-state index contributed by atoms with van der Waals surface area (Å²) in [6.07, 6.45) is 5.97. The molecule has 1 N–H and O–H groups in total. The van der Waals surface area contributed by atoms with Gasteiger partial charge in [0.2, 0.25) is 0 Å². The molecule has 25 heavy (non-hydrogen) atoms. The third-order valence-corrected chi connectivity index (χ3v) is 5.78. The highest BCUT2D eigenvalue weighted by Crippen LogP contribution is 2.26. The van der Waals surface area contributed by atoms with Crippen LogP contribution in [0.3, 0.4) is 0 Å². The van der Waals surface area contributed by atoms with E-state index < -0.39 is 0 Å². The van der Waals surface area contributed by atoms with Crippen molar-refractivity contribution in [1.29, 1.82) is 0 Å². The summed E-state index contributed by atoms with van der Waals surface area (Å²) in [6, 6.07) is 6.58. The van der Waals surface area contributed by atoms with Crippen LogP contribution in [0.1, 0.15) is 64.0 Å². The Hall–Kier alpha value is -1.81. The van der Waals surface area contributed by atoms with E-state index in [-0.39, 0.29) is 5.91 Å². The van der Waals surface area contributed by atoms with Crippen LogP contribution in [0.25, 0.3) is 0 Å². The number of carbonyl (C=O) groups excluding carboxylic acids is 1. The molecular formula is C21H27NO2S. The number of benzene rings is 1. The molecule has 0 saturated heterocycles. The number of hydrogen-bond donors (Lipinski definition) is 1. The van der Waals surface area contributed by atoms with Crippen LogP contribution in [-0.4, -0.2) is 11.9 Å². The van der Waals surface area contributed by atoms with E-state index >= 15 is 0 Å². The molecule has 1 aromatic carbocycles. The van der Waals surface area contributed by atoms with Crippen LogP contribution >= 0.6 is 11.3 Å². The predicted molar refractivity (Wildman–Crippen MR) is 104 cm³/mol. The molecule has 0 atom stereocenters. The monoisotopic (exact) mass is 357 g/mol. The highest BCUT2D eigenvalue weighted by atomic mass is 32.1. The van der Waals surface area contributed by atoms with Crippen LogP contribution in [0.4, 0.5) is 0 Å². The Morgan fingerprint density at radius 3 is 2.48 bits per heavy atom. The number of nitrogens with one attached hydrogen (secondary N) is 1. The van der Waals surface area contributed by atoms with E-state index in [0.29, 0.717) is 12.6 Å². The Balaban J connectivity index is 1.59. The number of carbonyl (C=O) groups is 1. The van der Waals surface area contributed by atoms with Crippen molar-refractivity contribution in [2.75, 3.05) is 0 Å². The summed E-state index contributed by atoms with van der Waals surface area (Å²) in [4.78, 5) is 13.2. The molecule has 1 heterocycles. The molecule has 0 spiro atoms. The summed E-state index contributed by atoms with van der Waals surface area (Å²) in [5.41, 5.74) is 4.61. The number of amides is 1. The Morgan fingerprint density at radius 1 is 1.12 bits per heavy atom. The SMILES string of the molecule is Cc1cc(C)c(OCc2csc(C(=O)NC3CCCCC3)c2)c(C)c1. The first-order valence-corrected chi connectivity index (χ1v) is 10.00. The molecular weight excluding hydrogens is 330 g/mol. The fourth-order valence-electron chi connectivity index (χ4n) is 3.62. The number of ether oxygens (including phenoxy) is 1. The smallest absolute Gasteiger partial charge is 0.261 e. The Morgan fingerprint density at radius 2 is 1.80 bits per heavy atom. The highest BCUT2D eigenvalue weighted by molar-refractivity contribution is 7.12. The van der Waals surface area contributed by atoms with Gasteiger partial charge in [-0.3, -0.25) is 4.79 Å². The molecule has 4 heteroatoms. The Kier molecular flexibility index (Phi) is 5.79. The van der Waals surface area contributed by atoms with Crippen LogP contribution in [0, 0.1) is 20.8 Å². The zero-order chi connectivity index (χ0) is 17.8. The predicted octanol–water partition coefficient (Wildman–Crippen LogP) is 5.31. The minimum Gasteiger partial charge on any atom is -0.488 e. The highest BCUT2D eigenvalue weighted by Gasteiger charge is 2.18. The maximum absolute atomic E-state index is 12.4. The molecule has 1 amide bonds. The summed E-state index contributed by atoms with van der Waals surface area (Å²) in [7, 11) is 0. The lowest BCUT2D eigenvalue weighted by molar-refractivity contribution is 0.0932. The van der Waals surface area contributed by atoms with Crippen molar-refractivity contribution < 1.29 is 9.53 Å². The van der Waals surface area contributed by atoms with E-state index in [1.165, 1.54) is 36.2 Å². The third kappa shape index (κ3) is 4.63. The van der Waals surface area contributed by atoms with Crippen LogP contribution in [0.2, 0.25) is 0 Å². The standard InChI is InChI=1S/C21H27NO2S/c1-14-9-15(2)20(16(3)10-14)24-12-17-11-19(25-13-17)21(23)22-18-7-5-4-6-8-18/h9-11,13,18H,4-8,12H2,1-3H3,(H,22,23). The summed E-state index contributed by atoms with van der Waals surface area (Å²) in [6.45, 7) is 6.75. The zero-order valence-electron chi connectivity index (χ0n) is 15.4. The van der Waals surface area contributed by atoms with Gasteiger partial charge in [-0.2, -0.15) is 0 Å². The maximum Gasteiger partial charge on any atom is 0.261 e. The number of aryl methyl sites for hydroxylation is 3. The second-order valence-corrected chi connectivity index (χ2v) is 8.06. The van der Waals surface area contributed by atoms with Crippen molar-refractivity contribution in [1.82, 2.24) is 5.32 Å². The van der Waals surface area contributed by atoms with Crippen molar-refractivity contribution in [3.8, 4) is 5.75 Å². The van der Waals surface area contributed by atoms with E-state index in [0.717, 1.165) is 40.2 Å². The second kappa shape index (κ2) is 8.05. The van der Waals surface area contributed by atoms with Gasteiger partial charge in [0, 0.05) is 11.6 Å². The molecule has 0 aliphatic heterocycles. The lowest BCUT2D eigenvalue weighted by Crippen LogP contribution is -2.35. The molecule has 1 fully saturated rings. The largest absolute Gasteiger partial charge is 0.488 e. The first-order chi connectivity index (χ1) is 12.0. The Labute approximate surface area is 154 Å². The lowest BCUT2D eigenvalue weighted by atomic mass is 9.95. The Bertz CT molecular complexity index is 721. The van der Waals surface area contributed by atoms with E-state index in [1.54, 1.807) is 0 Å². The summed E-state index contributed by atoms with van der Waals surface area (Å²) >= 11 is 1.50. The molecule has 3 rings (SSSR count). The van der Waals surface area contributed by atoms with E-state index in [2.05, 4.69) is 38.2 Å². The molecule has 2 aromatic rings.